The molecule has 138 valence electrons. The molecule has 0 aliphatic rings. The number of benzene rings is 2. The van der Waals surface area contributed by atoms with E-state index >= 15 is 0 Å². The standard InChI is InChI=1S/C17H14F3NO3S2/c1-26(23,24)15-5-3-2-4-14(15)21-16(22)11-8-12-6-9-13(10-7-12)25-17(18,19)20/h2-11H,1H3,(H,21,22). The molecule has 2 aromatic carbocycles. The lowest BCUT2D eigenvalue weighted by Crippen LogP contribution is -2.11. The Hall–Kier alpha value is -2.26. The molecule has 0 bridgehead atoms. The molecule has 0 aliphatic heterocycles. The molecule has 0 aliphatic carbocycles. The molecule has 1 N–H and O–H groups in total. The van der Waals surface area contributed by atoms with Crippen molar-refractivity contribution in [2.45, 2.75) is 15.3 Å². The third kappa shape index (κ3) is 6.23. The summed E-state index contributed by atoms with van der Waals surface area (Å²) < 4.78 is 60.2. The summed E-state index contributed by atoms with van der Waals surface area (Å²) in [5, 5.41) is 2.47. The van der Waals surface area contributed by atoms with Crippen LogP contribution in [0.3, 0.4) is 0 Å². The Morgan fingerprint density at radius 1 is 1.08 bits per heavy atom. The number of hydrogen-bond acceptors (Lipinski definition) is 4. The Balaban J connectivity index is 2.07. The first kappa shape index (κ1) is 20.1. The van der Waals surface area contributed by atoms with Gasteiger partial charge in [0.05, 0.1) is 10.6 Å². The first-order chi connectivity index (χ1) is 12.0. The number of sulfone groups is 1. The van der Waals surface area contributed by atoms with Gasteiger partial charge in [-0.1, -0.05) is 24.3 Å². The Kier molecular flexibility index (Phi) is 6.14. The zero-order chi connectivity index (χ0) is 19.4. The Bertz CT molecular complexity index is 921. The van der Waals surface area contributed by atoms with Crippen LogP contribution in [0.1, 0.15) is 5.56 Å². The molecule has 1 amide bonds. The maximum absolute atomic E-state index is 12.3. The Morgan fingerprint density at radius 2 is 1.69 bits per heavy atom. The topological polar surface area (TPSA) is 63.2 Å². The largest absolute Gasteiger partial charge is 0.446 e. The van der Waals surface area contributed by atoms with Gasteiger partial charge in [0, 0.05) is 17.2 Å². The van der Waals surface area contributed by atoms with E-state index in [1.807, 2.05) is 0 Å². The van der Waals surface area contributed by atoms with Gasteiger partial charge in [0.15, 0.2) is 9.84 Å². The minimum atomic E-state index is -4.36. The Labute approximate surface area is 153 Å². The Morgan fingerprint density at radius 3 is 2.27 bits per heavy atom. The fourth-order valence-electron chi connectivity index (χ4n) is 2.02. The molecule has 0 heterocycles. The average Bonchev–Trinajstić information content (AvgIpc) is 2.52. The minimum Gasteiger partial charge on any atom is -0.321 e. The van der Waals surface area contributed by atoms with Crippen molar-refractivity contribution in [2.75, 3.05) is 11.6 Å². The monoisotopic (exact) mass is 401 g/mol. The van der Waals surface area contributed by atoms with Crippen molar-refractivity contribution >= 4 is 39.3 Å². The van der Waals surface area contributed by atoms with Crippen LogP contribution in [0.5, 0.6) is 0 Å². The van der Waals surface area contributed by atoms with Crippen LogP contribution in [-0.2, 0) is 14.6 Å². The third-order valence-corrected chi connectivity index (χ3v) is 4.98. The van der Waals surface area contributed by atoms with Gasteiger partial charge in [0.2, 0.25) is 5.91 Å². The molecular formula is C17H14F3NO3S2. The van der Waals surface area contributed by atoms with Gasteiger partial charge < -0.3 is 5.32 Å². The number of anilines is 1. The lowest BCUT2D eigenvalue weighted by molar-refractivity contribution is -0.111. The molecule has 9 heteroatoms. The fourth-order valence-corrected chi connectivity index (χ4v) is 3.40. The highest BCUT2D eigenvalue weighted by Crippen LogP contribution is 2.36. The van der Waals surface area contributed by atoms with Crippen molar-refractivity contribution in [1.29, 1.82) is 0 Å². The normalized spacial score (nSPS) is 12.3. The molecular weight excluding hydrogens is 387 g/mol. The van der Waals surface area contributed by atoms with Gasteiger partial charge in [-0.2, -0.15) is 13.2 Å². The van der Waals surface area contributed by atoms with Gasteiger partial charge in [-0.3, -0.25) is 4.79 Å². The van der Waals surface area contributed by atoms with Crippen LogP contribution in [0.15, 0.2) is 64.4 Å². The number of nitrogens with one attached hydrogen (secondary N) is 1. The summed E-state index contributed by atoms with van der Waals surface area (Å²) >= 11 is -0.221. The number of alkyl halides is 3. The molecule has 0 spiro atoms. The second-order valence-corrected chi connectivity index (χ2v) is 8.33. The summed E-state index contributed by atoms with van der Waals surface area (Å²) in [6.07, 6.45) is 3.62. The smallest absolute Gasteiger partial charge is 0.321 e. The number of hydrogen-bond donors (Lipinski definition) is 1. The molecule has 2 rings (SSSR count). The van der Waals surface area contributed by atoms with Gasteiger partial charge in [0.1, 0.15) is 0 Å². The minimum absolute atomic E-state index is 0.00437. The molecule has 4 nitrogen and oxygen atoms in total. The third-order valence-electron chi connectivity index (χ3n) is 3.09. The number of amides is 1. The summed E-state index contributed by atoms with van der Waals surface area (Å²) in [7, 11) is -3.50. The van der Waals surface area contributed by atoms with E-state index in [2.05, 4.69) is 5.32 Å². The first-order valence-corrected chi connectivity index (χ1v) is 9.89. The predicted molar refractivity (Wildman–Crippen MR) is 95.6 cm³/mol. The molecule has 0 aromatic heterocycles. The number of rotatable bonds is 5. The molecule has 0 saturated heterocycles. The van der Waals surface area contributed by atoms with E-state index in [1.165, 1.54) is 48.6 Å². The highest BCUT2D eigenvalue weighted by atomic mass is 32.2. The second kappa shape index (κ2) is 7.96. The van der Waals surface area contributed by atoms with Crippen LogP contribution in [0.4, 0.5) is 18.9 Å². The van der Waals surface area contributed by atoms with E-state index in [0.717, 1.165) is 6.26 Å². The van der Waals surface area contributed by atoms with Crippen LogP contribution in [0.25, 0.3) is 6.08 Å². The lowest BCUT2D eigenvalue weighted by Gasteiger charge is -2.07. The number of carbonyl (C=O) groups excluding carboxylic acids is 1. The molecule has 0 atom stereocenters. The van der Waals surface area contributed by atoms with Crippen molar-refractivity contribution in [3.8, 4) is 0 Å². The lowest BCUT2D eigenvalue weighted by atomic mass is 10.2. The van der Waals surface area contributed by atoms with E-state index in [0.29, 0.717) is 5.56 Å². The quantitative estimate of drug-likeness (QED) is 0.598. The number of thioether (sulfide) groups is 1. The van der Waals surface area contributed by atoms with E-state index in [4.69, 9.17) is 0 Å². The number of para-hydroxylation sites is 1. The second-order valence-electron chi connectivity index (χ2n) is 5.21. The van der Waals surface area contributed by atoms with E-state index in [1.54, 1.807) is 12.1 Å². The summed E-state index contributed by atoms with van der Waals surface area (Å²) in [5.74, 6) is -0.560. The van der Waals surface area contributed by atoms with Gasteiger partial charge in [-0.25, -0.2) is 8.42 Å². The maximum Gasteiger partial charge on any atom is 0.446 e. The molecule has 0 fully saturated rings. The van der Waals surface area contributed by atoms with Crippen molar-refractivity contribution in [2.24, 2.45) is 0 Å². The number of carbonyl (C=O) groups is 1. The van der Waals surface area contributed by atoms with Crippen molar-refractivity contribution < 1.29 is 26.4 Å². The van der Waals surface area contributed by atoms with Crippen molar-refractivity contribution in [3.63, 3.8) is 0 Å². The van der Waals surface area contributed by atoms with Crippen LogP contribution < -0.4 is 5.32 Å². The zero-order valence-corrected chi connectivity index (χ0v) is 15.1. The first-order valence-electron chi connectivity index (χ1n) is 7.18. The molecule has 0 radical (unpaired) electrons. The van der Waals surface area contributed by atoms with Crippen LogP contribution in [-0.4, -0.2) is 26.1 Å². The summed E-state index contributed by atoms with van der Waals surface area (Å²) in [6, 6.07) is 11.5. The highest BCUT2D eigenvalue weighted by Gasteiger charge is 2.28. The summed E-state index contributed by atoms with van der Waals surface area (Å²) in [4.78, 5) is 12.0. The van der Waals surface area contributed by atoms with Gasteiger partial charge in [-0.15, -0.1) is 0 Å². The van der Waals surface area contributed by atoms with Gasteiger partial charge in [0.25, 0.3) is 0 Å². The van der Waals surface area contributed by atoms with Crippen molar-refractivity contribution in [1.82, 2.24) is 0 Å². The highest BCUT2D eigenvalue weighted by molar-refractivity contribution is 8.00. The van der Waals surface area contributed by atoms with E-state index < -0.39 is 21.3 Å². The SMILES string of the molecule is CS(=O)(=O)c1ccccc1NC(=O)C=Cc1ccc(SC(F)(F)F)cc1. The molecule has 0 saturated carbocycles. The molecule has 26 heavy (non-hydrogen) atoms. The van der Waals surface area contributed by atoms with Crippen LogP contribution >= 0.6 is 11.8 Å². The van der Waals surface area contributed by atoms with E-state index in [-0.39, 0.29) is 27.2 Å². The predicted octanol–water partition coefficient (Wildman–Crippen LogP) is 4.35. The fraction of sp³-hybridized carbons (Fsp3) is 0.118. The van der Waals surface area contributed by atoms with Crippen LogP contribution in [0.2, 0.25) is 0 Å². The van der Waals surface area contributed by atoms with E-state index in [9.17, 15) is 26.4 Å². The molecule has 2 aromatic rings. The van der Waals surface area contributed by atoms with Crippen LogP contribution in [0, 0.1) is 0 Å². The average molecular weight is 401 g/mol. The zero-order valence-electron chi connectivity index (χ0n) is 13.4. The molecule has 0 unspecified atom stereocenters. The van der Waals surface area contributed by atoms with Gasteiger partial charge >= 0.3 is 5.51 Å². The van der Waals surface area contributed by atoms with Gasteiger partial charge in [-0.05, 0) is 47.7 Å². The summed E-state index contributed by atoms with van der Waals surface area (Å²) in [5.41, 5.74) is -3.67. The maximum atomic E-state index is 12.3. The van der Waals surface area contributed by atoms with Crippen molar-refractivity contribution in [3.05, 3.63) is 60.2 Å². The number of halogens is 3. The summed E-state index contributed by atoms with van der Waals surface area (Å²) in [6.45, 7) is 0.